The normalized spacial score (nSPS) is 10.1. The van der Waals surface area contributed by atoms with Gasteiger partial charge in [0.05, 0.1) is 25.8 Å². The van der Waals surface area contributed by atoms with Crippen molar-refractivity contribution in [3.8, 4) is 17.2 Å². The van der Waals surface area contributed by atoms with Crippen LogP contribution < -0.4 is 24.8 Å². The maximum Gasteiger partial charge on any atom is 0.319 e. The summed E-state index contributed by atoms with van der Waals surface area (Å²) in [4.78, 5) is 12.1. The maximum atomic E-state index is 12.1. The SMILES string of the molecule is CCOc1ccc(NC(=O)NCc2cccc(OC)c2OC)cc1Cl. The van der Waals surface area contributed by atoms with Crippen LogP contribution in [0.15, 0.2) is 36.4 Å². The van der Waals surface area contributed by atoms with Crippen molar-refractivity contribution in [1.29, 1.82) is 0 Å². The molecule has 0 aliphatic heterocycles. The number of amides is 2. The molecule has 25 heavy (non-hydrogen) atoms. The molecule has 134 valence electrons. The van der Waals surface area contributed by atoms with E-state index < -0.39 is 0 Å². The first kappa shape index (κ1) is 18.7. The van der Waals surface area contributed by atoms with Crippen molar-refractivity contribution in [2.75, 3.05) is 26.1 Å². The number of ether oxygens (including phenoxy) is 3. The Labute approximate surface area is 152 Å². The van der Waals surface area contributed by atoms with Crippen LogP contribution >= 0.6 is 11.6 Å². The van der Waals surface area contributed by atoms with E-state index in [2.05, 4.69) is 10.6 Å². The van der Waals surface area contributed by atoms with E-state index in [9.17, 15) is 4.79 Å². The van der Waals surface area contributed by atoms with Crippen molar-refractivity contribution in [2.45, 2.75) is 13.5 Å². The van der Waals surface area contributed by atoms with Gasteiger partial charge in [-0.1, -0.05) is 23.7 Å². The highest BCUT2D eigenvalue weighted by atomic mass is 35.5. The predicted molar refractivity (Wildman–Crippen MR) is 98.0 cm³/mol. The summed E-state index contributed by atoms with van der Waals surface area (Å²) in [6, 6.07) is 10.2. The van der Waals surface area contributed by atoms with Crippen LogP contribution in [0.2, 0.25) is 5.02 Å². The quantitative estimate of drug-likeness (QED) is 0.776. The lowest BCUT2D eigenvalue weighted by atomic mass is 10.2. The predicted octanol–water partition coefficient (Wildman–Crippen LogP) is 4.08. The van der Waals surface area contributed by atoms with Gasteiger partial charge in [-0.25, -0.2) is 4.79 Å². The molecule has 2 aromatic carbocycles. The maximum absolute atomic E-state index is 12.1. The number of carbonyl (C=O) groups excluding carboxylic acids is 1. The van der Waals surface area contributed by atoms with Gasteiger partial charge in [-0.3, -0.25) is 0 Å². The smallest absolute Gasteiger partial charge is 0.319 e. The molecule has 0 unspecified atom stereocenters. The highest BCUT2D eigenvalue weighted by molar-refractivity contribution is 6.32. The average Bonchev–Trinajstić information content (AvgIpc) is 2.61. The Kier molecular flexibility index (Phi) is 6.77. The Morgan fingerprint density at radius 3 is 2.56 bits per heavy atom. The fourth-order valence-corrected chi connectivity index (χ4v) is 2.53. The molecule has 0 aromatic heterocycles. The molecule has 0 aliphatic carbocycles. The van der Waals surface area contributed by atoms with E-state index in [1.54, 1.807) is 38.5 Å². The molecule has 0 fully saturated rings. The van der Waals surface area contributed by atoms with Crippen LogP contribution in [0.4, 0.5) is 10.5 Å². The van der Waals surface area contributed by atoms with Crippen molar-refractivity contribution in [2.24, 2.45) is 0 Å². The summed E-state index contributed by atoms with van der Waals surface area (Å²) in [7, 11) is 3.13. The van der Waals surface area contributed by atoms with E-state index in [-0.39, 0.29) is 12.6 Å². The van der Waals surface area contributed by atoms with E-state index in [1.165, 1.54) is 0 Å². The second-order valence-electron chi connectivity index (χ2n) is 5.04. The summed E-state index contributed by atoms with van der Waals surface area (Å²) in [6.07, 6.45) is 0. The highest BCUT2D eigenvalue weighted by Crippen LogP contribution is 2.30. The first-order chi connectivity index (χ1) is 12.1. The van der Waals surface area contributed by atoms with Crippen molar-refractivity contribution in [3.05, 3.63) is 47.0 Å². The molecule has 0 heterocycles. The number of para-hydroxylation sites is 1. The summed E-state index contributed by atoms with van der Waals surface area (Å²) in [5, 5.41) is 5.94. The van der Waals surface area contributed by atoms with Crippen LogP contribution in [-0.2, 0) is 6.54 Å². The number of urea groups is 1. The van der Waals surface area contributed by atoms with Gasteiger partial charge >= 0.3 is 6.03 Å². The zero-order valence-electron chi connectivity index (χ0n) is 14.4. The van der Waals surface area contributed by atoms with E-state index >= 15 is 0 Å². The van der Waals surface area contributed by atoms with Crippen molar-refractivity contribution < 1.29 is 19.0 Å². The largest absolute Gasteiger partial charge is 0.493 e. The summed E-state index contributed by atoms with van der Waals surface area (Å²) in [5.74, 6) is 1.78. The Morgan fingerprint density at radius 1 is 1.12 bits per heavy atom. The first-order valence-electron chi connectivity index (χ1n) is 7.76. The van der Waals surface area contributed by atoms with Gasteiger partial charge in [-0.05, 0) is 31.2 Å². The molecule has 0 radical (unpaired) electrons. The summed E-state index contributed by atoms with van der Waals surface area (Å²) < 4.78 is 15.9. The summed E-state index contributed by atoms with van der Waals surface area (Å²) in [5.41, 5.74) is 1.38. The van der Waals surface area contributed by atoms with Gasteiger partial charge in [0.1, 0.15) is 5.75 Å². The van der Waals surface area contributed by atoms with Crippen LogP contribution in [0.3, 0.4) is 0 Å². The fraction of sp³-hybridized carbons (Fsp3) is 0.278. The minimum Gasteiger partial charge on any atom is -0.493 e. The average molecular weight is 365 g/mol. The van der Waals surface area contributed by atoms with Gasteiger partial charge in [-0.2, -0.15) is 0 Å². The van der Waals surface area contributed by atoms with Crippen molar-refractivity contribution in [3.63, 3.8) is 0 Å². The summed E-state index contributed by atoms with van der Waals surface area (Å²) >= 11 is 6.11. The molecule has 7 heteroatoms. The Hall–Kier alpha value is -2.60. The summed E-state index contributed by atoms with van der Waals surface area (Å²) in [6.45, 7) is 2.69. The van der Waals surface area contributed by atoms with Gasteiger partial charge < -0.3 is 24.8 Å². The molecule has 0 bridgehead atoms. The minimum atomic E-state index is -0.356. The van der Waals surface area contributed by atoms with Crippen LogP contribution in [0.25, 0.3) is 0 Å². The molecule has 2 rings (SSSR count). The number of anilines is 1. The number of carbonyl (C=O) groups is 1. The first-order valence-corrected chi connectivity index (χ1v) is 8.13. The number of rotatable bonds is 7. The monoisotopic (exact) mass is 364 g/mol. The molecule has 0 atom stereocenters. The van der Waals surface area contributed by atoms with Gasteiger partial charge in [0.25, 0.3) is 0 Å². The van der Waals surface area contributed by atoms with Crippen molar-refractivity contribution >= 4 is 23.3 Å². The number of benzene rings is 2. The lowest BCUT2D eigenvalue weighted by molar-refractivity contribution is 0.251. The van der Waals surface area contributed by atoms with Gasteiger partial charge in [0, 0.05) is 17.8 Å². The van der Waals surface area contributed by atoms with Gasteiger partial charge in [0.2, 0.25) is 0 Å². The lowest BCUT2D eigenvalue weighted by Crippen LogP contribution is -2.28. The number of hydrogen-bond donors (Lipinski definition) is 2. The fourth-order valence-electron chi connectivity index (χ4n) is 2.29. The lowest BCUT2D eigenvalue weighted by Gasteiger charge is -2.14. The van der Waals surface area contributed by atoms with Gasteiger partial charge in [-0.15, -0.1) is 0 Å². The molecule has 0 spiro atoms. The number of hydrogen-bond acceptors (Lipinski definition) is 4. The van der Waals surface area contributed by atoms with Crippen LogP contribution in [0, 0.1) is 0 Å². The van der Waals surface area contributed by atoms with Crippen LogP contribution in [-0.4, -0.2) is 26.9 Å². The van der Waals surface area contributed by atoms with Crippen LogP contribution in [0.1, 0.15) is 12.5 Å². The Balaban J connectivity index is 1.98. The molecule has 0 saturated carbocycles. The molecule has 0 saturated heterocycles. The third kappa shape index (κ3) is 4.93. The number of nitrogens with one attached hydrogen (secondary N) is 2. The topological polar surface area (TPSA) is 68.8 Å². The van der Waals surface area contributed by atoms with Gasteiger partial charge in [0.15, 0.2) is 11.5 Å². The third-order valence-corrected chi connectivity index (χ3v) is 3.71. The molecular formula is C18H21ClN2O4. The van der Waals surface area contributed by atoms with E-state index in [0.717, 1.165) is 5.56 Å². The molecule has 2 amide bonds. The molecule has 6 nitrogen and oxygen atoms in total. The zero-order valence-corrected chi connectivity index (χ0v) is 15.1. The minimum absolute atomic E-state index is 0.289. The highest BCUT2D eigenvalue weighted by Gasteiger charge is 2.11. The standard InChI is InChI=1S/C18H21ClN2O4/c1-4-25-15-9-8-13(10-14(15)19)21-18(22)20-11-12-6-5-7-16(23-2)17(12)24-3/h5-10H,4,11H2,1-3H3,(H2,20,21,22). The molecular weight excluding hydrogens is 344 g/mol. The van der Waals surface area contributed by atoms with Crippen molar-refractivity contribution in [1.82, 2.24) is 5.32 Å². The molecule has 2 aromatic rings. The van der Waals surface area contributed by atoms with E-state index in [4.69, 9.17) is 25.8 Å². The number of methoxy groups -OCH3 is 2. The van der Waals surface area contributed by atoms with E-state index in [0.29, 0.717) is 34.6 Å². The Bertz CT molecular complexity index is 737. The van der Waals surface area contributed by atoms with Crippen LogP contribution in [0.5, 0.6) is 17.2 Å². The van der Waals surface area contributed by atoms with E-state index in [1.807, 2.05) is 19.1 Å². The molecule has 0 aliphatic rings. The second kappa shape index (κ2) is 9.03. The zero-order chi connectivity index (χ0) is 18.2. The Morgan fingerprint density at radius 2 is 1.92 bits per heavy atom. The third-order valence-electron chi connectivity index (χ3n) is 3.41. The molecule has 2 N–H and O–H groups in total. The number of halogens is 1. The second-order valence-corrected chi connectivity index (χ2v) is 5.45.